The maximum atomic E-state index is 9.13. The van der Waals surface area contributed by atoms with Gasteiger partial charge in [0, 0.05) is 18.1 Å². The summed E-state index contributed by atoms with van der Waals surface area (Å²) in [5.74, 6) is 0. The third-order valence-corrected chi connectivity index (χ3v) is 3.80. The van der Waals surface area contributed by atoms with E-state index in [9.17, 15) is 0 Å². The molecule has 0 fully saturated rings. The van der Waals surface area contributed by atoms with E-state index < -0.39 is 0 Å². The number of benzene rings is 1. The highest BCUT2D eigenvalue weighted by Gasteiger charge is 2.05. The first-order valence-electron chi connectivity index (χ1n) is 7.31. The van der Waals surface area contributed by atoms with Crippen molar-refractivity contribution in [3.8, 4) is 11.4 Å². The standard InChI is InChI=1S/C16H17N5O2S/c1-23-16(24)17-8-13-10-21(19-18-13)15-4-2-14(3-5-15)20-7-6-12(9-20)11-22/h2-7,9-10,22H,8,11H2,1H3,(H,17,24). The Morgan fingerprint density at radius 2 is 1.96 bits per heavy atom. The number of nitrogens with zero attached hydrogens (tertiary/aromatic N) is 4. The Balaban J connectivity index is 1.71. The molecule has 3 rings (SSSR count). The van der Waals surface area contributed by atoms with Crippen LogP contribution >= 0.6 is 12.2 Å². The van der Waals surface area contributed by atoms with Gasteiger partial charge in [-0.3, -0.25) is 0 Å². The molecule has 0 aliphatic carbocycles. The molecular weight excluding hydrogens is 326 g/mol. The molecule has 7 nitrogen and oxygen atoms in total. The first-order chi connectivity index (χ1) is 11.7. The summed E-state index contributed by atoms with van der Waals surface area (Å²) in [7, 11) is 1.52. The smallest absolute Gasteiger partial charge is 0.256 e. The minimum Gasteiger partial charge on any atom is -0.474 e. The molecule has 8 heteroatoms. The molecule has 0 saturated heterocycles. The molecule has 124 valence electrons. The number of methoxy groups -OCH3 is 1. The molecule has 0 aliphatic heterocycles. The van der Waals surface area contributed by atoms with Gasteiger partial charge >= 0.3 is 0 Å². The number of aliphatic hydroxyl groups excluding tert-OH is 1. The number of aliphatic hydroxyl groups is 1. The average molecular weight is 343 g/mol. The molecule has 1 aromatic carbocycles. The number of hydrogen-bond acceptors (Lipinski definition) is 5. The van der Waals surface area contributed by atoms with Gasteiger partial charge in [0.2, 0.25) is 0 Å². The second-order valence-corrected chi connectivity index (χ2v) is 5.47. The lowest BCUT2D eigenvalue weighted by atomic mass is 10.3. The SMILES string of the molecule is COC(=S)NCc1cn(-c2ccc(-n3ccc(CO)c3)cc2)nn1. The van der Waals surface area contributed by atoms with Crippen LogP contribution in [0.3, 0.4) is 0 Å². The first-order valence-corrected chi connectivity index (χ1v) is 7.72. The topological polar surface area (TPSA) is 77.1 Å². The molecule has 2 heterocycles. The Morgan fingerprint density at radius 3 is 2.62 bits per heavy atom. The van der Waals surface area contributed by atoms with Crippen LogP contribution < -0.4 is 5.32 Å². The van der Waals surface area contributed by atoms with E-state index in [0.29, 0.717) is 11.7 Å². The summed E-state index contributed by atoms with van der Waals surface area (Å²) in [6.07, 6.45) is 5.64. The van der Waals surface area contributed by atoms with Crippen molar-refractivity contribution >= 4 is 17.4 Å². The van der Waals surface area contributed by atoms with Crippen LogP contribution in [0.15, 0.2) is 48.9 Å². The van der Waals surface area contributed by atoms with Crippen LogP contribution in [-0.4, -0.2) is 37.0 Å². The lowest BCUT2D eigenvalue weighted by Crippen LogP contribution is -2.22. The number of thiocarbonyl (C=S) groups is 1. The van der Waals surface area contributed by atoms with Gasteiger partial charge in [-0.05, 0) is 48.1 Å². The summed E-state index contributed by atoms with van der Waals surface area (Å²) in [6.45, 7) is 0.491. The number of nitrogens with one attached hydrogen (secondary N) is 1. The quantitative estimate of drug-likeness (QED) is 0.685. The maximum Gasteiger partial charge on any atom is 0.256 e. The Morgan fingerprint density at radius 1 is 1.21 bits per heavy atom. The molecule has 0 saturated carbocycles. The van der Waals surface area contributed by atoms with Gasteiger partial charge in [0.1, 0.15) is 5.69 Å². The Hall–Kier alpha value is -2.71. The lowest BCUT2D eigenvalue weighted by molar-refractivity contribution is 0.282. The van der Waals surface area contributed by atoms with Gasteiger partial charge in [0.05, 0.1) is 32.1 Å². The van der Waals surface area contributed by atoms with E-state index in [-0.39, 0.29) is 6.61 Å². The van der Waals surface area contributed by atoms with Gasteiger partial charge in [0.25, 0.3) is 5.17 Å². The Bertz CT molecular complexity index is 825. The average Bonchev–Trinajstić information content (AvgIpc) is 3.29. The van der Waals surface area contributed by atoms with E-state index in [0.717, 1.165) is 22.6 Å². The second-order valence-electron chi connectivity index (χ2n) is 5.10. The molecule has 2 N–H and O–H groups in total. The minimum atomic E-state index is 0.0351. The van der Waals surface area contributed by atoms with Crippen LogP contribution in [0.25, 0.3) is 11.4 Å². The molecule has 0 radical (unpaired) electrons. The van der Waals surface area contributed by atoms with Gasteiger partial charge in [-0.15, -0.1) is 5.10 Å². The van der Waals surface area contributed by atoms with Crippen LogP contribution in [0.4, 0.5) is 0 Å². The predicted molar refractivity (Wildman–Crippen MR) is 93.1 cm³/mol. The third kappa shape index (κ3) is 3.61. The normalized spacial score (nSPS) is 10.6. The molecule has 0 bridgehead atoms. The molecule has 0 aliphatic rings. The largest absolute Gasteiger partial charge is 0.474 e. The lowest BCUT2D eigenvalue weighted by Gasteiger charge is -2.05. The van der Waals surface area contributed by atoms with Gasteiger partial charge in [0.15, 0.2) is 0 Å². The van der Waals surface area contributed by atoms with E-state index in [1.54, 1.807) is 4.68 Å². The number of ether oxygens (including phenoxy) is 1. The molecule has 3 aromatic rings. The second kappa shape index (κ2) is 7.24. The Labute approximate surface area is 144 Å². The molecular formula is C16H17N5O2S. The van der Waals surface area contributed by atoms with Crippen LogP contribution in [0.2, 0.25) is 0 Å². The maximum absolute atomic E-state index is 9.13. The van der Waals surface area contributed by atoms with Crippen molar-refractivity contribution in [2.45, 2.75) is 13.2 Å². The van der Waals surface area contributed by atoms with Gasteiger partial charge in [-0.1, -0.05) is 5.21 Å². The molecule has 2 aromatic heterocycles. The van der Waals surface area contributed by atoms with Crippen LogP contribution in [0.1, 0.15) is 11.3 Å². The Kier molecular flexibility index (Phi) is 4.88. The fourth-order valence-corrected chi connectivity index (χ4v) is 2.29. The van der Waals surface area contributed by atoms with E-state index in [4.69, 9.17) is 22.1 Å². The van der Waals surface area contributed by atoms with Crippen molar-refractivity contribution in [1.29, 1.82) is 0 Å². The third-order valence-electron chi connectivity index (χ3n) is 3.49. The summed E-state index contributed by atoms with van der Waals surface area (Å²) in [5.41, 5.74) is 3.55. The highest BCUT2D eigenvalue weighted by Crippen LogP contribution is 2.14. The van der Waals surface area contributed by atoms with E-state index >= 15 is 0 Å². The zero-order valence-corrected chi connectivity index (χ0v) is 13.9. The first kappa shape index (κ1) is 16.2. The fraction of sp³-hybridized carbons (Fsp3) is 0.188. The van der Waals surface area contributed by atoms with E-state index in [2.05, 4.69) is 15.6 Å². The highest BCUT2D eigenvalue weighted by atomic mass is 32.1. The van der Waals surface area contributed by atoms with Gasteiger partial charge < -0.3 is 19.7 Å². The van der Waals surface area contributed by atoms with Crippen molar-refractivity contribution < 1.29 is 9.84 Å². The minimum absolute atomic E-state index is 0.0351. The van der Waals surface area contributed by atoms with Crippen molar-refractivity contribution in [2.75, 3.05) is 7.11 Å². The summed E-state index contributed by atoms with van der Waals surface area (Å²) < 4.78 is 8.53. The number of hydrogen-bond donors (Lipinski definition) is 2. The molecule has 0 unspecified atom stereocenters. The van der Waals surface area contributed by atoms with Crippen molar-refractivity contribution in [2.24, 2.45) is 0 Å². The van der Waals surface area contributed by atoms with Crippen LogP contribution in [-0.2, 0) is 17.9 Å². The summed E-state index contributed by atoms with van der Waals surface area (Å²) >= 11 is 4.92. The fourth-order valence-electron chi connectivity index (χ4n) is 2.21. The van der Waals surface area contributed by atoms with Crippen LogP contribution in [0, 0.1) is 0 Å². The van der Waals surface area contributed by atoms with Crippen molar-refractivity contribution in [3.05, 3.63) is 60.2 Å². The van der Waals surface area contributed by atoms with E-state index in [1.165, 1.54) is 7.11 Å². The zero-order valence-electron chi connectivity index (χ0n) is 13.1. The molecule has 24 heavy (non-hydrogen) atoms. The monoisotopic (exact) mass is 343 g/mol. The van der Waals surface area contributed by atoms with Gasteiger partial charge in [-0.2, -0.15) is 0 Å². The van der Waals surface area contributed by atoms with E-state index in [1.807, 2.05) is 53.5 Å². The summed E-state index contributed by atoms with van der Waals surface area (Å²) in [6, 6.07) is 9.76. The number of rotatable bonds is 5. The van der Waals surface area contributed by atoms with Gasteiger partial charge in [-0.25, -0.2) is 4.68 Å². The van der Waals surface area contributed by atoms with Crippen molar-refractivity contribution in [1.82, 2.24) is 24.9 Å². The zero-order chi connectivity index (χ0) is 16.9. The highest BCUT2D eigenvalue weighted by molar-refractivity contribution is 7.80. The van der Waals surface area contributed by atoms with Crippen LogP contribution in [0.5, 0.6) is 0 Å². The molecule has 0 amide bonds. The molecule has 0 spiro atoms. The predicted octanol–water partition coefficient (Wildman–Crippen LogP) is 1.57. The number of aromatic nitrogens is 4. The summed E-state index contributed by atoms with van der Waals surface area (Å²) in [4.78, 5) is 0. The molecule has 0 atom stereocenters. The van der Waals surface area contributed by atoms with Crippen molar-refractivity contribution in [3.63, 3.8) is 0 Å². The summed E-state index contributed by atoms with van der Waals surface area (Å²) in [5, 5.41) is 20.6.